The van der Waals surface area contributed by atoms with Gasteiger partial charge >= 0.3 is 11.7 Å². The summed E-state index contributed by atoms with van der Waals surface area (Å²) < 4.78 is 29.9. The molecule has 1 aromatic carbocycles. The lowest BCUT2D eigenvalue weighted by Crippen LogP contribution is -2.47. The zero-order valence-corrected chi connectivity index (χ0v) is 21.7. The minimum atomic E-state index is -1.13. The van der Waals surface area contributed by atoms with Crippen LogP contribution in [0.1, 0.15) is 0 Å². The third-order valence-electron chi connectivity index (χ3n) is 7.12. The van der Waals surface area contributed by atoms with Crippen LogP contribution in [0.2, 0.25) is 0 Å². The second kappa shape index (κ2) is 10.0. The molecule has 5 heterocycles. The van der Waals surface area contributed by atoms with E-state index in [-0.39, 0.29) is 17.4 Å². The first-order valence-electron chi connectivity index (χ1n) is 12.7. The van der Waals surface area contributed by atoms with Gasteiger partial charge in [-0.3, -0.25) is 14.0 Å². The van der Waals surface area contributed by atoms with Crippen molar-refractivity contribution in [1.82, 2.24) is 28.6 Å². The summed E-state index contributed by atoms with van der Waals surface area (Å²) in [4.78, 5) is 32.6. The highest BCUT2D eigenvalue weighted by Crippen LogP contribution is 2.27. The van der Waals surface area contributed by atoms with Crippen molar-refractivity contribution in [3.05, 3.63) is 59.0 Å². The molecule has 0 unspecified atom stereocenters. The summed E-state index contributed by atoms with van der Waals surface area (Å²) >= 11 is 0. The number of imidazole rings is 1. The monoisotopic (exact) mass is 550 g/mol. The van der Waals surface area contributed by atoms with Crippen molar-refractivity contribution in [2.75, 3.05) is 50.0 Å². The molecule has 3 N–H and O–H groups in total. The summed E-state index contributed by atoms with van der Waals surface area (Å²) in [6.07, 6.45) is 1.56. The zero-order chi connectivity index (χ0) is 28.0. The number of fused-ring (bicyclic) bond motifs is 3. The highest BCUT2D eigenvalue weighted by molar-refractivity contribution is 5.91. The SMILES string of the molecule is Cn1c(=O)n(CCN2CCN(c3ccc(OCC(=O)O)cc3F)CC2)c2nc(N)n3nc(-c4ccco4)cc3c21. The van der Waals surface area contributed by atoms with Crippen LogP contribution < -0.4 is 21.1 Å². The van der Waals surface area contributed by atoms with E-state index >= 15 is 0 Å². The lowest BCUT2D eigenvalue weighted by Gasteiger charge is -2.36. The zero-order valence-electron chi connectivity index (χ0n) is 21.7. The molecule has 0 bridgehead atoms. The Morgan fingerprint density at radius 1 is 1.18 bits per heavy atom. The first-order valence-corrected chi connectivity index (χ1v) is 12.7. The Labute approximate surface area is 226 Å². The number of nitrogens with two attached hydrogens (primary N) is 1. The van der Waals surface area contributed by atoms with Crippen LogP contribution >= 0.6 is 0 Å². The molecule has 0 spiro atoms. The fourth-order valence-electron chi connectivity index (χ4n) is 5.10. The average molecular weight is 551 g/mol. The Morgan fingerprint density at radius 2 is 1.98 bits per heavy atom. The van der Waals surface area contributed by atoms with Crippen LogP contribution in [0.5, 0.6) is 5.75 Å². The van der Waals surface area contributed by atoms with Crippen LogP contribution in [0.25, 0.3) is 28.1 Å². The molecule has 1 fully saturated rings. The maximum atomic E-state index is 14.7. The first-order chi connectivity index (χ1) is 19.3. The largest absolute Gasteiger partial charge is 0.482 e. The second-order valence-corrected chi connectivity index (χ2v) is 9.56. The number of benzene rings is 1. The van der Waals surface area contributed by atoms with Gasteiger partial charge in [0.05, 0.1) is 17.5 Å². The van der Waals surface area contributed by atoms with Crippen molar-refractivity contribution in [2.45, 2.75) is 6.54 Å². The van der Waals surface area contributed by atoms with Crippen LogP contribution in [0.15, 0.2) is 51.9 Å². The number of anilines is 2. The standard InChI is InChI=1S/C26H27FN8O5/c1-31-23-20-14-18(21-3-2-12-39-21)30-35(20)25(28)29-24(23)34(26(31)38)11-8-32-6-9-33(10-7-32)19-5-4-16(13-17(19)27)40-15-22(36)37/h2-5,12-14H,6-11,15H2,1H3,(H2,28,29)(H,36,37). The van der Waals surface area contributed by atoms with Crippen molar-refractivity contribution < 1.29 is 23.4 Å². The van der Waals surface area contributed by atoms with Crippen molar-refractivity contribution in [3.8, 4) is 17.2 Å². The molecule has 0 saturated carbocycles. The summed E-state index contributed by atoms with van der Waals surface area (Å²) in [6.45, 7) is 3.00. The van der Waals surface area contributed by atoms with E-state index in [0.29, 0.717) is 73.1 Å². The maximum Gasteiger partial charge on any atom is 0.341 e. The van der Waals surface area contributed by atoms with Crippen molar-refractivity contribution >= 4 is 34.3 Å². The van der Waals surface area contributed by atoms with Crippen molar-refractivity contribution in [3.63, 3.8) is 0 Å². The fraction of sp³-hybridized carbons (Fsp3) is 0.308. The predicted octanol–water partition coefficient (Wildman–Crippen LogP) is 1.65. The number of nitrogens with zero attached hydrogens (tertiary/aromatic N) is 7. The lowest BCUT2D eigenvalue weighted by molar-refractivity contribution is -0.139. The number of carboxylic acids is 1. The Morgan fingerprint density at radius 3 is 2.67 bits per heavy atom. The van der Waals surface area contributed by atoms with Gasteiger partial charge in [-0.2, -0.15) is 14.6 Å². The molecule has 4 aromatic heterocycles. The number of hydrogen-bond donors (Lipinski definition) is 2. The van der Waals surface area contributed by atoms with Gasteiger partial charge in [0.15, 0.2) is 18.0 Å². The van der Waals surface area contributed by atoms with Gasteiger partial charge in [0.2, 0.25) is 5.95 Å². The van der Waals surface area contributed by atoms with E-state index in [2.05, 4.69) is 15.0 Å². The Balaban J connectivity index is 1.16. The Hall–Kier alpha value is -4.85. The summed E-state index contributed by atoms with van der Waals surface area (Å²) in [5.74, 6) is -0.678. The Bertz CT molecular complexity index is 1770. The predicted molar refractivity (Wildman–Crippen MR) is 144 cm³/mol. The molecule has 1 aliphatic rings. The van der Waals surface area contributed by atoms with Gasteiger partial charge in [0.1, 0.15) is 22.8 Å². The summed E-state index contributed by atoms with van der Waals surface area (Å²) in [5.41, 5.74) is 8.81. The molecular formula is C26H27FN8O5. The van der Waals surface area contributed by atoms with Gasteiger partial charge in [-0.15, -0.1) is 0 Å². The van der Waals surface area contributed by atoms with Gasteiger partial charge in [0.25, 0.3) is 0 Å². The highest BCUT2D eigenvalue weighted by Gasteiger charge is 2.23. The number of carbonyl (C=O) groups is 1. The van der Waals surface area contributed by atoms with Crippen LogP contribution in [0.4, 0.5) is 16.0 Å². The molecule has 13 nitrogen and oxygen atoms in total. The lowest BCUT2D eigenvalue weighted by atomic mass is 10.2. The van der Waals surface area contributed by atoms with Crippen molar-refractivity contribution in [1.29, 1.82) is 0 Å². The average Bonchev–Trinajstić information content (AvgIpc) is 3.67. The van der Waals surface area contributed by atoms with Gasteiger partial charge in [-0.05, 0) is 30.3 Å². The Kier molecular flexibility index (Phi) is 6.38. The van der Waals surface area contributed by atoms with Crippen molar-refractivity contribution in [2.24, 2.45) is 7.05 Å². The van der Waals surface area contributed by atoms with E-state index in [1.54, 1.807) is 46.7 Å². The molecule has 0 amide bonds. The normalized spacial score (nSPS) is 14.4. The van der Waals surface area contributed by atoms with Gasteiger partial charge in [-0.1, -0.05) is 0 Å². The number of furan rings is 1. The van der Waals surface area contributed by atoms with E-state index in [1.807, 2.05) is 11.0 Å². The maximum absolute atomic E-state index is 14.7. The number of aryl methyl sites for hydroxylation is 1. The van der Waals surface area contributed by atoms with Crippen LogP contribution in [-0.4, -0.2) is 79.0 Å². The second-order valence-electron chi connectivity index (χ2n) is 9.56. The van der Waals surface area contributed by atoms with Gasteiger partial charge < -0.3 is 24.9 Å². The summed E-state index contributed by atoms with van der Waals surface area (Å²) in [6, 6.07) is 9.76. The van der Waals surface area contributed by atoms with E-state index in [9.17, 15) is 14.0 Å². The highest BCUT2D eigenvalue weighted by atomic mass is 19.1. The number of ether oxygens (including phenoxy) is 1. The molecule has 208 valence electrons. The van der Waals surface area contributed by atoms with Crippen LogP contribution in [0.3, 0.4) is 0 Å². The molecule has 40 heavy (non-hydrogen) atoms. The van der Waals surface area contributed by atoms with Gasteiger partial charge in [-0.25, -0.2) is 14.0 Å². The molecule has 5 aromatic rings. The fourth-order valence-corrected chi connectivity index (χ4v) is 5.10. The van der Waals surface area contributed by atoms with E-state index in [0.717, 1.165) is 0 Å². The minimum Gasteiger partial charge on any atom is -0.482 e. The topological polar surface area (TPSA) is 149 Å². The summed E-state index contributed by atoms with van der Waals surface area (Å²) in [5, 5.41) is 13.2. The molecule has 6 rings (SSSR count). The van der Waals surface area contributed by atoms with E-state index in [1.165, 1.54) is 10.6 Å². The summed E-state index contributed by atoms with van der Waals surface area (Å²) in [7, 11) is 1.70. The number of halogens is 1. The third-order valence-corrected chi connectivity index (χ3v) is 7.12. The quantitative estimate of drug-likeness (QED) is 0.292. The van der Waals surface area contributed by atoms with E-state index < -0.39 is 18.4 Å². The number of piperazine rings is 1. The first kappa shape index (κ1) is 25.4. The number of rotatable bonds is 8. The number of aliphatic carboxylic acids is 1. The van der Waals surface area contributed by atoms with Crippen LogP contribution in [-0.2, 0) is 18.4 Å². The molecule has 1 aliphatic heterocycles. The third kappa shape index (κ3) is 4.51. The smallest absolute Gasteiger partial charge is 0.341 e. The molecule has 0 aliphatic carbocycles. The minimum absolute atomic E-state index is 0.162. The van der Waals surface area contributed by atoms with Crippen LogP contribution in [0, 0.1) is 5.82 Å². The number of nitrogen functional groups attached to an aromatic ring is 1. The van der Waals surface area contributed by atoms with E-state index in [4.69, 9.17) is 20.0 Å². The number of hydrogen-bond acceptors (Lipinski definition) is 9. The number of carboxylic acid groups (broad SMARTS) is 1. The molecule has 14 heteroatoms. The number of aromatic nitrogens is 5. The molecule has 0 atom stereocenters. The molecular weight excluding hydrogens is 523 g/mol. The molecule has 0 radical (unpaired) electrons. The molecule has 1 saturated heterocycles. The van der Waals surface area contributed by atoms with Gasteiger partial charge in [0, 0.05) is 52.4 Å².